The normalized spacial score (nSPS) is 17.1. The summed E-state index contributed by atoms with van der Waals surface area (Å²) >= 11 is 5.80. The summed E-state index contributed by atoms with van der Waals surface area (Å²) in [5.74, 6) is -0.105. The Hall–Kier alpha value is -1.26. The SMILES string of the molecule is COC(=O)C(Nc1ccc(Cl)cc1)C1COC1. The van der Waals surface area contributed by atoms with Gasteiger partial charge in [-0.05, 0) is 24.3 Å². The average molecular weight is 256 g/mol. The predicted molar refractivity (Wildman–Crippen MR) is 65.2 cm³/mol. The van der Waals surface area contributed by atoms with E-state index in [4.69, 9.17) is 21.1 Å². The molecule has 1 aromatic rings. The number of carbonyl (C=O) groups excluding carboxylic acids is 1. The van der Waals surface area contributed by atoms with Gasteiger partial charge in [-0.15, -0.1) is 0 Å². The number of hydrogen-bond acceptors (Lipinski definition) is 4. The van der Waals surface area contributed by atoms with Gasteiger partial charge in [0.05, 0.1) is 20.3 Å². The van der Waals surface area contributed by atoms with Gasteiger partial charge in [0.2, 0.25) is 0 Å². The fourth-order valence-corrected chi connectivity index (χ4v) is 1.79. The molecule has 92 valence electrons. The van der Waals surface area contributed by atoms with Crippen LogP contribution in [0.25, 0.3) is 0 Å². The summed E-state index contributed by atoms with van der Waals surface area (Å²) in [6, 6.07) is 6.84. The Morgan fingerprint density at radius 1 is 1.47 bits per heavy atom. The molecule has 1 atom stereocenters. The molecule has 2 rings (SSSR count). The second kappa shape index (κ2) is 5.38. The third-order valence-corrected chi connectivity index (χ3v) is 3.01. The fraction of sp³-hybridized carbons (Fsp3) is 0.417. The Bertz CT molecular complexity index is 389. The zero-order valence-electron chi connectivity index (χ0n) is 9.48. The van der Waals surface area contributed by atoms with Crippen LogP contribution in [-0.4, -0.2) is 32.3 Å². The Kier molecular flexibility index (Phi) is 3.86. The van der Waals surface area contributed by atoms with E-state index in [9.17, 15) is 4.79 Å². The molecule has 1 aliphatic heterocycles. The zero-order chi connectivity index (χ0) is 12.3. The molecule has 1 N–H and O–H groups in total. The monoisotopic (exact) mass is 255 g/mol. The van der Waals surface area contributed by atoms with Crippen LogP contribution >= 0.6 is 11.6 Å². The van der Waals surface area contributed by atoms with Gasteiger partial charge in [0.1, 0.15) is 6.04 Å². The number of ether oxygens (including phenoxy) is 2. The van der Waals surface area contributed by atoms with Crippen LogP contribution in [-0.2, 0) is 14.3 Å². The number of benzene rings is 1. The minimum atomic E-state index is -0.366. The minimum absolute atomic E-state index is 0.165. The highest BCUT2D eigenvalue weighted by Crippen LogP contribution is 2.21. The molecular weight excluding hydrogens is 242 g/mol. The predicted octanol–water partition coefficient (Wildman–Crippen LogP) is 1.94. The zero-order valence-corrected chi connectivity index (χ0v) is 10.2. The lowest BCUT2D eigenvalue weighted by Gasteiger charge is -2.32. The van der Waals surface area contributed by atoms with Gasteiger partial charge in [-0.2, -0.15) is 0 Å². The molecule has 1 heterocycles. The molecule has 1 fully saturated rings. The molecule has 0 aromatic heterocycles. The van der Waals surface area contributed by atoms with Crippen LogP contribution < -0.4 is 5.32 Å². The molecule has 0 spiro atoms. The van der Waals surface area contributed by atoms with Crippen LogP contribution in [0.1, 0.15) is 0 Å². The van der Waals surface area contributed by atoms with Gasteiger partial charge in [0.15, 0.2) is 0 Å². The van der Waals surface area contributed by atoms with Crippen molar-refractivity contribution in [2.75, 3.05) is 25.6 Å². The molecule has 4 nitrogen and oxygen atoms in total. The summed E-state index contributed by atoms with van der Waals surface area (Å²) in [5.41, 5.74) is 0.844. The van der Waals surface area contributed by atoms with Gasteiger partial charge >= 0.3 is 5.97 Å². The highest BCUT2D eigenvalue weighted by molar-refractivity contribution is 6.30. The van der Waals surface area contributed by atoms with Crippen molar-refractivity contribution in [3.05, 3.63) is 29.3 Å². The molecule has 17 heavy (non-hydrogen) atoms. The summed E-state index contributed by atoms with van der Waals surface area (Å²) in [7, 11) is 1.39. The lowest BCUT2D eigenvalue weighted by molar-refractivity contribution is -0.147. The molecule has 1 aromatic carbocycles. The largest absolute Gasteiger partial charge is 0.467 e. The third kappa shape index (κ3) is 2.90. The van der Waals surface area contributed by atoms with E-state index < -0.39 is 0 Å². The summed E-state index contributed by atoms with van der Waals surface area (Å²) < 4.78 is 9.88. The molecule has 1 unspecified atom stereocenters. The second-order valence-electron chi connectivity index (χ2n) is 3.95. The topological polar surface area (TPSA) is 47.6 Å². The molecule has 1 aliphatic rings. The highest BCUT2D eigenvalue weighted by atomic mass is 35.5. The molecule has 0 aliphatic carbocycles. The van der Waals surface area contributed by atoms with Crippen LogP contribution in [0.15, 0.2) is 24.3 Å². The molecule has 5 heteroatoms. The first kappa shape index (κ1) is 12.2. The van der Waals surface area contributed by atoms with Gasteiger partial charge in [0.25, 0.3) is 0 Å². The van der Waals surface area contributed by atoms with E-state index in [1.54, 1.807) is 12.1 Å². The Morgan fingerprint density at radius 3 is 2.59 bits per heavy atom. The first-order chi connectivity index (χ1) is 8.20. The van der Waals surface area contributed by atoms with Crippen molar-refractivity contribution < 1.29 is 14.3 Å². The van der Waals surface area contributed by atoms with E-state index in [-0.39, 0.29) is 17.9 Å². The number of halogens is 1. The standard InChI is InChI=1S/C12H14ClNO3/c1-16-12(15)11(8-6-17-7-8)14-10-4-2-9(13)3-5-10/h2-5,8,11,14H,6-7H2,1H3. The van der Waals surface area contributed by atoms with E-state index in [1.807, 2.05) is 12.1 Å². The number of anilines is 1. The number of hydrogen-bond donors (Lipinski definition) is 1. The molecule has 0 bridgehead atoms. The van der Waals surface area contributed by atoms with Gasteiger partial charge < -0.3 is 14.8 Å². The lowest BCUT2D eigenvalue weighted by Crippen LogP contribution is -2.47. The van der Waals surface area contributed by atoms with E-state index in [1.165, 1.54) is 7.11 Å². The lowest BCUT2D eigenvalue weighted by atomic mass is 9.98. The summed E-state index contributed by atoms with van der Waals surface area (Å²) in [6.45, 7) is 1.17. The Labute approximate surface area is 105 Å². The van der Waals surface area contributed by atoms with Crippen molar-refractivity contribution in [3.63, 3.8) is 0 Å². The van der Waals surface area contributed by atoms with E-state index >= 15 is 0 Å². The number of esters is 1. The first-order valence-electron chi connectivity index (χ1n) is 5.38. The van der Waals surface area contributed by atoms with Crippen LogP contribution in [0.2, 0.25) is 5.02 Å². The third-order valence-electron chi connectivity index (χ3n) is 2.76. The fourth-order valence-electron chi connectivity index (χ4n) is 1.67. The van der Waals surface area contributed by atoms with Gasteiger partial charge in [-0.25, -0.2) is 4.79 Å². The summed E-state index contributed by atoms with van der Waals surface area (Å²) in [5, 5.41) is 3.81. The van der Waals surface area contributed by atoms with Crippen LogP contribution in [0.5, 0.6) is 0 Å². The maximum absolute atomic E-state index is 11.7. The second-order valence-corrected chi connectivity index (χ2v) is 4.39. The van der Waals surface area contributed by atoms with Gasteiger partial charge in [-0.1, -0.05) is 11.6 Å². The van der Waals surface area contributed by atoms with Crippen molar-refractivity contribution in [2.24, 2.45) is 5.92 Å². The van der Waals surface area contributed by atoms with Crippen LogP contribution in [0, 0.1) is 5.92 Å². The summed E-state index contributed by atoms with van der Waals surface area (Å²) in [6.07, 6.45) is 0. The molecule has 0 amide bonds. The van der Waals surface area contributed by atoms with Gasteiger partial charge in [-0.3, -0.25) is 0 Å². The quantitative estimate of drug-likeness (QED) is 0.836. The Balaban J connectivity index is 2.06. The van der Waals surface area contributed by atoms with Gasteiger partial charge in [0, 0.05) is 16.6 Å². The number of carbonyl (C=O) groups is 1. The molecular formula is C12H14ClNO3. The van der Waals surface area contributed by atoms with Crippen LogP contribution in [0.3, 0.4) is 0 Å². The molecule has 0 radical (unpaired) electrons. The van der Waals surface area contributed by atoms with Crippen molar-refractivity contribution in [1.82, 2.24) is 0 Å². The smallest absolute Gasteiger partial charge is 0.328 e. The Morgan fingerprint density at radius 2 is 2.12 bits per heavy atom. The van der Waals surface area contributed by atoms with Crippen LogP contribution in [0.4, 0.5) is 5.69 Å². The number of methoxy groups -OCH3 is 1. The molecule has 0 saturated carbocycles. The highest BCUT2D eigenvalue weighted by Gasteiger charge is 2.34. The average Bonchev–Trinajstić information content (AvgIpc) is 2.27. The van der Waals surface area contributed by atoms with E-state index in [0.717, 1.165) is 5.69 Å². The maximum Gasteiger partial charge on any atom is 0.328 e. The maximum atomic E-state index is 11.7. The minimum Gasteiger partial charge on any atom is -0.467 e. The number of nitrogens with one attached hydrogen (secondary N) is 1. The van der Waals surface area contributed by atoms with E-state index in [0.29, 0.717) is 18.2 Å². The number of rotatable bonds is 4. The van der Waals surface area contributed by atoms with Crippen molar-refractivity contribution in [1.29, 1.82) is 0 Å². The van der Waals surface area contributed by atoms with Crippen molar-refractivity contribution in [3.8, 4) is 0 Å². The van der Waals surface area contributed by atoms with E-state index in [2.05, 4.69) is 5.32 Å². The molecule has 1 saturated heterocycles. The summed E-state index contributed by atoms with van der Waals surface area (Å²) in [4.78, 5) is 11.7. The first-order valence-corrected chi connectivity index (χ1v) is 5.76. The van der Waals surface area contributed by atoms with Crippen molar-refractivity contribution >= 4 is 23.3 Å². The van der Waals surface area contributed by atoms with Crippen molar-refractivity contribution in [2.45, 2.75) is 6.04 Å².